The predicted octanol–water partition coefficient (Wildman–Crippen LogP) is 5.43. The van der Waals surface area contributed by atoms with Crippen molar-refractivity contribution in [3.05, 3.63) is 27.7 Å². The zero-order chi connectivity index (χ0) is 14.0. The van der Waals surface area contributed by atoms with E-state index in [1.165, 1.54) is 12.8 Å². The van der Waals surface area contributed by atoms with Crippen LogP contribution in [0.3, 0.4) is 0 Å². The van der Waals surface area contributed by atoms with E-state index in [4.69, 9.17) is 0 Å². The van der Waals surface area contributed by atoms with Gasteiger partial charge in [-0.3, -0.25) is 0 Å². The third kappa shape index (κ3) is 384. The molecule has 0 aromatic rings. The minimum Gasteiger partial charge on any atom is -0.343 e. The molecule has 0 rings (SSSR count). The van der Waals surface area contributed by atoms with Crippen molar-refractivity contribution in [3.8, 4) is 0 Å². The van der Waals surface area contributed by atoms with Crippen LogP contribution in [-0.2, 0) is 0 Å². The molecule has 0 amide bonds. The molecule has 0 bridgehead atoms. The molecule has 0 saturated heterocycles. The third-order valence-electron chi connectivity index (χ3n) is 0.707. The van der Waals surface area contributed by atoms with Crippen LogP contribution in [0.1, 0.15) is 67.2 Å². The van der Waals surface area contributed by atoms with Gasteiger partial charge in [0.1, 0.15) is 0 Å². The molecule has 0 aromatic carbocycles. The molecular formula is C16H36Mg2. The van der Waals surface area contributed by atoms with Crippen LogP contribution in [0.4, 0.5) is 0 Å². The smallest absolute Gasteiger partial charge is 0.343 e. The molecule has 0 aliphatic carbocycles. The molecule has 0 unspecified atom stereocenters. The van der Waals surface area contributed by atoms with Crippen molar-refractivity contribution in [3.63, 3.8) is 0 Å². The maximum atomic E-state index is 3.64. The van der Waals surface area contributed by atoms with Gasteiger partial charge >= 0.3 is 46.1 Å². The van der Waals surface area contributed by atoms with Gasteiger partial charge in [-0.15, -0.1) is 0 Å². The van der Waals surface area contributed by atoms with Gasteiger partial charge in [0.15, 0.2) is 0 Å². The first-order chi connectivity index (χ1) is 7.29. The van der Waals surface area contributed by atoms with Crippen molar-refractivity contribution in [1.82, 2.24) is 0 Å². The van der Waals surface area contributed by atoms with E-state index in [9.17, 15) is 0 Å². The van der Waals surface area contributed by atoms with Crippen LogP contribution < -0.4 is 0 Å². The number of hydrogen-bond donors (Lipinski definition) is 0. The van der Waals surface area contributed by atoms with Gasteiger partial charge in [-0.1, -0.05) is 54.4 Å². The van der Waals surface area contributed by atoms with E-state index < -0.39 is 0 Å². The van der Waals surface area contributed by atoms with Gasteiger partial charge in [-0.25, -0.2) is 0 Å². The SMILES string of the molecule is [CH2-]C(C)C.[CH2-]C(C)C.[CH2-]CCC.[CH2-]CCC.[Mg+2].[Mg+2]. The van der Waals surface area contributed by atoms with E-state index in [2.05, 4.69) is 69.2 Å². The Kier molecular flexibility index (Phi) is 87.2. The van der Waals surface area contributed by atoms with E-state index >= 15 is 0 Å². The summed E-state index contributed by atoms with van der Waals surface area (Å²) in [4.78, 5) is 0. The first-order valence-corrected chi connectivity index (χ1v) is 6.54. The molecule has 0 saturated carbocycles. The summed E-state index contributed by atoms with van der Waals surface area (Å²) in [6.45, 7) is 26.9. The molecule has 0 nitrogen and oxygen atoms in total. The average Bonchev–Trinajstić information content (AvgIpc) is 2.16. The maximum absolute atomic E-state index is 3.64. The number of rotatable bonds is 2. The Morgan fingerprint density at radius 1 is 0.667 bits per heavy atom. The van der Waals surface area contributed by atoms with Gasteiger partial charge in [-0.2, -0.15) is 24.7 Å². The fourth-order valence-corrected chi connectivity index (χ4v) is 0. The van der Waals surface area contributed by atoms with E-state index in [0.29, 0.717) is 11.8 Å². The molecule has 0 aliphatic heterocycles. The Morgan fingerprint density at radius 3 is 0.722 bits per heavy atom. The second-order valence-electron chi connectivity index (χ2n) is 4.49. The molecule has 0 atom stereocenters. The van der Waals surface area contributed by atoms with Crippen molar-refractivity contribution in [1.29, 1.82) is 0 Å². The monoisotopic (exact) mass is 276 g/mol. The average molecular weight is 277 g/mol. The molecule has 104 valence electrons. The Bertz CT molecular complexity index is 52.0. The van der Waals surface area contributed by atoms with Crippen LogP contribution in [0.2, 0.25) is 0 Å². The van der Waals surface area contributed by atoms with Crippen LogP contribution in [-0.4, -0.2) is 46.1 Å². The Labute approximate surface area is 152 Å². The van der Waals surface area contributed by atoms with E-state index in [1.807, 2.05) is 0 Å². The minimum absolute atomic E-state index is 0. The standard InChI is InChI=1S/4C4H9.2Mg/c2*1-4(2)3;2*1-3-4-2;;/h2*4H,1H2,2-3H3;2*1,3-4H2,2H3;;/q4*-1;2*+2. The molecule has 0 spiro atoms. The van der Waals surface area contributed by atoms with Gasteiger partial charge < -0.3 is 27.7 Å². The predicted molar refractivity (Wildman–Crippen MR) is 92.4 cm³/mol. The summed E-state index contributed by atoms with van der Waals surface area (Å²) in [7, 11) is 0. The molecule has 0 N–H and O–H groups in total. The summed E-state index contributed by atoms with van der Waals surface area (Å²) in [6.07, 6.45) is 4.56. The maximum Gasteiger partial charge on any atom is 2.00 e. The van der Waals surface area contributed by atoms with Gasteiger partial charge in [0.2, 0.25) is 0 Å². The summed E-state index contributed by atoms with van der Waals surface area (Å²) in [5, 5.41) is 0. The van der Waals surface area contributed by atoms with E-state index in [1.54, 1.807) is 0 Å². The van der Waals surface area contributed by atoms with Gasteiger partial charge in [0.05, 0.1) is 0 Å². The first kappa shape index (κ1) is 36.6. The van der Waals surface area contributed by atoms with Crippen molar-refractivity contribution < 1.29 is 0 Å². The number of unbranched alkanes of at least 4 members (excludes halogenated alkanes) is 2. The Hall–Kier alpha value is 1.53. The first-order valence-electron chi connectivity index (χ1n) is 6.54. The summed E-state index contributed by atoms with van der Waals surface area (Å²) >= 11 is 0. The van der Waals surface area contributed by atoms with Crippen molar-refractivity contribution in [2.24, 2.45) is 11.8 Å². The molecule has 0 radical (unpaired) electrons. The van der Waals surface area contributed by atoms with Crippen LogP contribution in [0.25, 0.3) is 0 Å². The summed E-state index contributed by atoms with van der Waals surface area (Å²) < 4.78 is 0. The summed E-state index contributed by atoms with van der Waals surface area (Å²) in [6, 6.07) is 0. The van der Waals surface area contributed by atoms with Crippen molar-refractivity contribution in [2.75, 3.05) is 0 Å². The van der Waals surface area contributed by atoms with E-state index in [-0.39, 0.29) is 46.1 Å². The van der Waals surface area contributed by atoms with Crippen LogP contribution in [0.15, 0.2) is 0 Å². The Balaban J connectivity index is -0.0000000257. The molecule has 0 aromatic heterocycles. The van der Waals surface area contributed by atoms with Crippen LogP contribution >= 0.6 is 0 Å². The normalized spacial score (nSPS) is 7.33. The van der Waals surface area contributed by atoms with Gasteiger partial charge in [0, 0.05) is 0 Å². The summed E-state index contributed by atoms with van der Waals surface area (Å²) in [5.41, 5.74) is 0. The van der Waals surface area contributed by atoms with E-state index in [0.717, 1.165) is 12.8 Å². The largest absolute Gasteiger partial charge is 2.00 e. The summed E-state index contributed by atoms with van der Waals surface area (Å²) in [5.74, 6) is 1.17. The second-order valence-corrected chi connectivity index (χ2v) is 4.49. The quantitative estimate of drug-likeness (QED) is 0.466. The van der Waals surface area contributed by atoms with Crippen molar-refractivity contribution in [2.45, 2.75) is 67.2 Å². The molecule has 0 aliphatic rings. The topological polar surface area (TPSA) is 0 Å². The minimum atomic E-state index is 0. The second kappa shape index (κ2) is 42.8. The van der Waals surface area contributed by atoms with Crippen LogP contribution in [0.5, 0.6) is 0 Å². The molecule has 0 fully saturated rings. The zero-order valence-electron chi connectivity index (χ0n) is 14.2. The van der Waals surface area contributed by atoms with Gasteiger partial charge in [0.25, 0.3) is 0 Å². The molecule has 18 heavy (non-hydrogen) atoms. The molecule has 0 heterocycles. The van der Waals surface area contributed by atoms with Crippen molar-refractivity contribution >= 4 is 46.1 Å². The molecular weight excluding hydrogens is 241 g/mol. The molecule has 2 heteroatoms. The zero-order valence-corrected chi connectivity index (χ0v) is 17.1. The number of hydrogen-bond acceptors (Lipinski definition) is 0. The Morgan fingerprint density at radius 2 is 0.722 bits per heavy atom. The van der Waals surface area contributed by atoms with Gasteiger partial charge in [-0.05, 0) is 0 Å². The fourth-order valence-electron chi connectivity index (χ4n) is 0. The third-order valence-corrected chi connectivity index (χ3v) is 0.707. The fraction of sp³-hybridized carbons (Fsp3) is 0.750. The van der Waals surface area contributed by atoms with Crippen LogP contribution in [0, 0.1) is 39.5 Å².